The molecule has 0 fully saturated rings. The van der Waals surface area contributed by atoms with Crippen molar-refractivity contribution >= 4 is 28.8 Å². The van der Waals surface area contributed by atoms with Crippen LogP contribution >= 0.6 is 11.3 Å². The molecule has 2 N–H and O–H groups in total. The van der Waals surface area contributed by atoms with E-state index in [4.69, 9.17) is 0 Å². The molecule has 2 heterocycles. The minimum Gasteiger partial charge on any atom is -0.345 e. The van der Waals surface area contributed by atoms with E-state index < -0.39 is 0 Å². The smallest absolute Gasteiger partial charge is 0.265 e. The highest BCUT2D eigenvalue weighted by molar-refractivity contribution is 7.12. The molecule has 4 aromatic rings. The molecule has 150 valence electrons. The summed E-state index contributed by atoms with van der Waals surface area (Å²) >= 11 is 1.37. The Hall–Kier alpha value is -3.85. The molecule has 0 unspecified atom stereocenters. The van der Waals surface area contributed by atoms with Crippen molar-refractivity contribution in [2.45, 2.75) is 0 Å². The van der Waals surface area contributed by atoms with E-state index in [1.165, 1.54) is 16.2 Å². The van der Waals surface area contributed by atoms with E-state index in [0.29, 0.717) is 27.5 Å². The Morgan fingerprint density at radius 2 is 1.80 bits per heavy atom. The maximum absolute atomic E-state index is 12.5. The van der Waals surface area contributed by atoms with Crippen LogP contribution in [0.4, 0.5) is 5.69 Å². The summed E-state index contributed by atoms with van der Waals surface area (Å²) < 4.78 is 0. The number of thiophene rings is 1. The highest BCUT2D eigenvalue weighted by Gasteiger charge is 2.16. The standard InChI is InChI=1S/C21H18N6O2S/c1-27(2)21(29)14-7-5-13(6-8-14)15-9-10-17(16(12-15)19-23-25-26-24-19)22-20(28)18-4-3-11-30-18/h3-12H,1-2H3,(H,22,28)(H,23,24,25,26). The van der Waals surface area contributed by atoms with Gasteiger partial charge in [-0.1, -0.05) is 24.3 Å². The molecule has 0 atom stereocenters. The number of anilines is 1. The van der Waals surface area contributed by atoms with E-state index in [1.807, 2.05) is 41.8 Å². The highest BCUT2D eigenvalue weighted by Crippen LogP contribution is 2.31. The number of rotatable bonds is 5. The first-order chi connectivity index (χ1) is 14.5. The lowest BCUT2D eigenvalue weighted by atomic mass is 10.00. The topological polar surface area (TPSA) is 104 Å². The molecule has 0 saturated heterocycles. The van der Waals surface area contributed by atoms with E-state index in [2.05, 4.69) is 25.9 Å². The Labute approximate surface area is 176 Å². The van der Waals surface area contributed by atoms with Crippen LogP contribution in [0.5, 0.6) is 0 Å². The minimum atomic E-state index is -0.200. The van der Waals surface area contributed by atoms with E-state index in [9.17, 15) is 9.59 Å². The maximum Gasteiger partial charge on any atom is 0.265 e. The molecular formula is C21H18N6O2S. The van der Waals surface area contributed by atoms with Crippen LogP contribution in [-0.4, -0.2) is 51.4 Å². The third-order valence-electron chi connectivity index (χ3n) is 4.47. The summed E-state index contributed by atoms with van der Waals surface area (Å²) in [5.41, 5.74) is 3.65. The molecule has 0 aliphatic rings. The second kappa shape index (κ2) is 8.26. The van der Waals surface area contributed by atoms with Crippen LogP contribution in [0, 0.1) is 0 Å². The van der Waals surface area contributed by atoms with Gasteiger partial charge in [0.25, 0.3) is 11.8 Å². The first-order valence-corrected chi connectivity index (χ1v) is 9.95. The van der Waals surface area contributed by atoms with Crippen LogP contribution in [0.2, 0.25) is 0 Å². The van der Waals surface area contributed by atoms with Crippen molar-refractivity contribution in [3.05, 3.63) is 70.4 Å². The van der Waals surface area contributed by atoms with Crippen LogP contribution in [-0.2, 0) is 0 Å². The molecule has 0 spiro atoms. The Bertz CT molecular complexity index is 1170. The number of tetrazole rings is 1. The van der Waals surface area contributed by atoms with E-state index in [1.54, 1.807) is 32.3 Å². The molecule has 0 bridgehead atoms. The molecule has 2 aromatic heterocycles. The highest BCUT2D eigenvalue weighted by atomic mass is 32.1. The molecule has 0 aliphatic carbocycles. The quantitative estimate of drug-likeness (QED) is 0.516. The molecule has 9 heteroatoms. The number of benzene rings is 2. The summed E-state index contributed by atoms with van der Waals surface area (Å²) in [5, 5.41) is 19.0. The van der Waals surface area contributed by atoms with Crippen LogP contribution < -0.4 is 5.32 Å². The van der Waals surface area contributed by atoms with Gasteiger partial charge in [0.15, 0.2) is 0 Å². The third kappa shape index (κ3) is 3.96. The van der Waals surface area contributed by atoms with Gasteiger partial charge in [-0.3, -0.25) is 9.59 Å². The van der Waals surface area contributed by atoms with Gasteiger partial charge in [0.2, 0.25) is 5.82 Å². The Morgan fingerprint density at radius 1 is 1.03 bits per heavy atom. The number of aromatic amines is 1. The lowest BCUT2D eigenvalue weighted by molar-refractivity contribution is 0.0827. The van der Waals surface area contributed by atoms with Gasteiger partial charge in [-0.25, -0.2) is 0 Å². The normalized spacial score (nSPS) is 10.6. The largest absolute Gasteiger partial charge is 0.345 e. The average Bonchev–Trinajstić information content (AvgIpc) is 3.48. The number of carbonyl (C=O) groups excluding carboxylic acids is 2. The average molecular weight is 418 g/mol. The van der Waals surface area contributed by atoms with Crippen molar-refractivity contribution in [2.24, 2.45) is 0 Å². The summed E-state index contributed by atoms with van der Waals surface area (Å²) in [6, 6.07) is 16.5. The number of carbonyl (C=O) groups is 2. The van der Waals surface area contributed by atoms with Gasteiger partial charge in [-0.2, -0.15) is 5.21 Å². The second-order valence-electron chi connectivity index (χ2n) is 6.70. The van der Waals surface area contributed by atoms with Gasteiger partial charge in [0, 0.05) is 25.2 Å². The van der Waals surface area contributed by atoms with Crippen LogP contribution in [0.25, 0.3) is 22.5 Å². The number of nitrogens with zero attached hydrogens (tertiary/aromatic N) is 4. The summed E-state index contributed by atoms with van der Waals surface area (Å²) in [4.78, 5) is 26.8. The van der Waals surface area contributed by atoms with Gasteiger partial charge in [-0.15, -0.1) is 21.5 Å². The Balaban J connectivity index is 1.68. The molecule has 0 aliphatic heterocycles. The van der Waals surface area contributed by atoms with Crippen LogP contribution in [0.1, 0.15) is 20.0 Å². The van der Waals surface area contributed by atoms with Gasteiger partial charge >= 0.3 is 0 Å². The summed E-state index contributed by atoms with van der Waals surface area (Å²) in [5.74, 6) is 0.118. The minimum absolute atomic E-state index is 0.0549. The molecular weight excluding hydrogens is 400 g/mol. The van der Waals surface area contributed by atoms with Crippen LogP contribution in [0.15, 0.2) is 60.0 Å². The molecule has 4 rings (SSSR count). The predicted molar refractivity (Wildman–Crippen MR) is 115 cm³/mol. The second-order valence-corrected chi connectivity index (χ2v) is 7.65. The zero-order valence-corrected chi connectivity index (χ0v) is 17.1. The first kappa shape index (κ1) is 19.5. The van der Waals surface area contributed by atoms with Gasteiger partial charge in [0.1, 0.15) is 0 Å². The van der Waals surface area contributed by atoms with Gasteiger partial charge in [-0.05, 0) is 52.1 Å². The molecule has 0 radical (unpaired) electrons. The Kier molecular flexibility index (Phi) is 5.36. The predicted octanol–water partition coefficient (Wildman–Crippen LogP) is 3.55. The number of nitrogens with one attached hydrogen (secondary N) is 2. The fourth-order valence-electron chi connectivity index (χ4n) is 2.95. The molecule has 8 nitrogen and oxygen atoms in total. The number of hydrogen-bond acceptors (Lipinski definition) is 6. The molecule has 2 aromatic carbocycles. The maximum atomic E-state index is 12.5. The lowest BCUT2D eigenvalue weighted by Crippen LogP contribution is -2.21. The SMILES string of the molecule is CN(C)C(=O)c1ccc(-c2ccc(NC(=O)c3cccs3)c(-c3nn[nH]n3)c2)cc1. The Morgan fingerprint density at radius 3 is 2.43 bits per heavy atom. The van der Waals surface area contributed by atoms with Crippen molar-refractivity contribution in [2.75, 3.05) is 19.4 Å². The van der Waals surface area contributed by atoms with Crippen molar-refractivity contribution < 1.29 is 9.59 Å². The third-order valence-corrected chi connectivity index (χ3v) is 5.34. The number of aromatic nitrogens is 4. The summed E-state index contributed by atoms with van der Waals surface area (Å²) in [6.45, 7) is 0. The van der Waals surface area contributed by atoms with Gasteiger partial charge < -0.3 is 10.2 Å². The molecule has 0 saturated carbocycles. The first-order valence-electron chi connectivity index (χ1n) is 9.08. The lowest BCUT2D eigenvalue weighted by Gasteiger charge is -2.12. The van der Waals surface area contributed by atoms with Crippen molar-refractivity contribution in [1.82, 2.24) is 25.5 Å². The monoisotopic (exact) mass is 418 g/mol. The van der Waals surface area contributed by atoms with Gasteiger partial charge in [0.05, 0.1) is 10.6 Å². The van der Waals surface area contributed by atoms with Crippen molar-refractivity contribution in [3.8, 4) is 22.5 Å². The summed E-state index contributed by atoms with van der Waals surface area (Å²) in [6.07, 6.45) is 0. The van der Waals surface area contributed by atoms with E-state index in [0.717, 1.165) is 11.1 Å². The zero-order chi connectivity index (χ0) is 21.1. The van der Waals surface area contributed by atoms with Crippen molar-refractivity contribution in [3.63, 3.8) is 0 Å². The van der Waals surface area contributed by atoms with E-state index >= 15 is 0 Å². The number of hydrogen-bond donors (Lipinski definition) is 2. The molecule has 2 amide bonds. The zero-order valence-electron chi connectivity index (χ0n) is 16.3. The van der Waals surface area contributed by atoms with Crippen molar-refractivity contribution in [1.29, 1.82) is 0 Å². The van der Waals surface area contributed by atoms with E-state index in [-0.39, 0.29) is 11.8 Å². The fraction of sp³-hybridized carbons (Fsp3) is 0.0952. The number of amides is 2. The van der Waals surface area contributed by atoms with Crippen LogP contribution in [0.3, 0.4) is 0 Å². The fourth-order valence-corrected chi connectivity index (χ4v) is 3.57. The summed E-state index contributed by atoms with van der Waals surface area (Å²) in [7, 11) is 3.44. The number of H-pyrrole nitrogens is 1. The molecule has 30 heavy (non-hydrogen) atoms.